The number of amides is 2. The van der Waals surface area contributed by atoms with Gasteiger partial charge in [0.25, 0.3) is 0 Å². The van der Waals surface area contributed by atoms with Gasteiger partial charge in [-0.15, -0.1) is 0 Å². The van der Waals surface area contributed by atoms with E-state index in [1.165, 1.54) is 0 Å². The molecule has 9 heteroatoms. The zero-order valence-electron chi connectivity index (χ0n) is 11.8. The van der Waals surface area contributed by atoms with Gasteiger partial charge < -0.3 is 20.3 Å². The molecule has 6 nitrogen and oxygen atoms in total. The fourth-order valence-corrected chi connectivity index (χ4v) is 1.93. The van der Waals surface area contributed by atoms with Gasteiger partial charge in [-0.05, 0) is 11.6 Å². The van der Waals surface area contributed by atoms with E-state index < -0.39 is 18.8 Å². The number of hydrogen-bond donors (Lipinski definition) is 2. The molecule has 1 aromatic heterocycles. The minimum Gasteiger partial charge on any atom is -0.378 e. The molecule has 1 saturated heterocycles. The van der Waals surface area contributed by atoms with Gasteiger partial charge in [0.1, 0.15) is 12.4 Å². The number of nitrogens with zero attached hydrogens (tertiary/aromatic N) is 2. The van der Waals surface area contributed by atoms with Gasteiger partial charge in [0, 0.05) is 25.8 Å². The highest BCUT2D eigenvalue weighted by molar-refractivity contribution is 5.73. The average Bonchev–Trinajstić information content (AvgIpc) is 2.51. The lowest BCUT2D eigenvalue weighted by Crippen LogP contribution is -2.40. The Hall–Kier alpha value is -2.03. The van der Waals surface area contributed by atoms with Gasteiger partial charge in [0.15, 0.2) is 0 Å². The van der Waals surface area contributed by atoms with E-state index in [2.05, 4.69) is 15.2 Å². The molecule has 1 aromatic rings. The minimum atomic E-state index is -4.42. The van der Waals surface area contributed by atoms with Crippen LogP contribution in [-0.4, -0.2) is 50.0 Å². The van der Waals surface area contributed by atoms with Crippen LogP contribution in [0.25, 0.3) is 0 Å². The second-order valence-corrected chi connectivity index (χ2v) is 4.78. The van der Waals surface area contributed by atoms with Crippen LogP contribution in [0.4, 0.5) is 23.8 Å². The summed E-state index contributed by atoms with van der Waals surface area (Å²) >= 11 is 0. The number of hydrogen-bond acceptors (Lipinski definition) is 4. The van der Waals surface area contributed by atoms with Gasteiger partial charge in [0.05, 0.1) is 13.2 Å². The van der Waals surface area contributed by atoms with Gasteiger partial charge in [-0.25, -0.2) is 9.78 Å². The first kappa shape index (κ1) is 16.3. The van der Waals surface area contributed by atoms with Crippen LogP contribution in [0.1, 0.15) is 5.56 Å². The first-order valence-electron chi connectivity index (χ1n) is 6.80. The summed E-state index contributed by atoms with van der Waals surface area (Å²) in [5.74, 6) is 0.813. The van der Waals surface area contributed by atoms with Crippen LogP contribution >= 0.6 is 0 Å². The van der Waals surface area contributed by atoms with Gasteiger partial charge in [-0.1, -0.05) is 6.07 Å². The van der Waals surface area contributed by atoms with Gasteiger partial charge in [-0.2, -0.15) is 13.2 Å². The van der Waals surface area contributed by atoms with Crippen molar-refractivity contribution in [2.24, 2.45) is 0 Å². The maximum absolute atomic E-state index is 11.9. The molecule has 122 valence electrons. The zero-order valence-corrected chi connectivity index (χ0v) is 11.8. The smallest absolute Gasteiger partial charge is 0.378 e. The number of carbonyl (C=O) groups is 1. The molecule has 1 aliphatic rings. The lowest BCUT2D eigenvalue weighted by atomic mass is 10.2. The fourth-order valence-electron chi connectivity index (χ4n) is 1.93. The Morgan fingerprint density at radius 1 is 1.27 bits per heavy atom. The number of anilines is 1. The Kier molecular flexibility index (Phi) is 5.42. The van der Waals surface area contributed by atoms with E-state index in [1.54, 1.807) is 17.6 Å². The number of nitrogens with one attached hydrogen (secondary N) is 2. The lowest BCUT2D eigenvalue weighted by molar-refractivity contribution is -0.122. The van der Waals surface area contributed by atoms with Crippen molar-refractivity contribution in [3.63, 3.8) is 0 Å². The number of pyridine rings is 1. The topological polar surface area (TPSA) is 66.5 Å². The Morgan fingerprint density at radius 3 is 2.59 bits per heavy atom. The van der Waals surface area contributed by atoms with Crippen LogP contribution in [0.2, 0.25) is 0 Å². The van der Waals surface area contributed by atoms with E-state index in [0.29, 0.717) is 18.8 Å². The Bertz CT molecular complexity index is 487. The highest BCUT2D eigenvalue weighted by Crippen LogP contribution is 2.13. The Balaban J connectivity index is 1.77. The molecule has 2 heterocycles. The molecule has 0 radical (unpaired) electrons. The van der Waals surface area contributed by atoms with Gasteiger partial charge >= 0.3 is 12.2 Å². The molecule has 0 bridgehead atoms. The standard InChI is InChI=1S/C13H17F3N4O2/c14-13(15,16)9-19-12(21)18-8-10-1-2-11(17-7-10)20-3-5-22-6-4-20/h1-2,7H,3-6,8-9H2,(H2,18,19,21). The van der Waals surface area contributed by atoms with E-state index in [9.17, 15) is 18.0 Å². The largest absolute Gasteiger partial charge is 0.405 e. The number of aromatic nitrogens is 1. The molecule has 0 spiro atoms. The fraction of sp³-hybridized carbons (Fsp3) is 0.538. The third-order valence-electron chi connectivity index (χ3n) is 3.05. The van der Waals surface area contributed by atoms with Crippen LogP contribution < -0.4 is 15.5 Å². The van der Waals surface area contributed by atoms with Crippen molar-refractivity contribution in [2.45, 2.75) is 12.7 Å². The molecule has 0 saturated carbocycles. The summed E-state index contributed by atoms with van der Waals surface area (Å²) in [5, 5.41) is 4.09. The molecule has 2 rings (SSSR count). The van der Waals surface area contributed by atoms with Crippen LogP contribution in [0, 0.1) is 0 Å². The van der Waals surface area contributed by atoms with E-state index in [1.807, 2.05) is 6.07 Å². The predicted molar refractivity (Wildman–Crippen MR) is 73.6 cm³/mol. The van der Waals surface area contributed by atoms with Crippen LogP contribution in [-0.2, 0) is 11.3 Å². The number of alkyl halides is 3. The van der Waals surface area contributed by atoms with Crippen molar-refractivity contribution >= 4 is 11.8 Å². The molecule has 0 atom stereocenters. The lowest BCUT2D eigenvalue weighted by Gasteiger charge is -2.27. The summed E-state index contributed by atoms with van der Waals surface area (Å²) < 4.78 is 41.1. The van der Waals surface area contributed by atoms with E-state index in [-0.39, 0.29) is 6.54 Å². The summed E-state index contributed by atoms with van der Waals surface area (Å²) in [6.45, 7) is 1.61. The maximum Gasteiger partial charge on any atom is 0.405 e. The second-order valence-electron chi connectivity index (χ2n) is 4.78. The van der Waals surface area contributed by atoms with Crippen LogP contribution in [0.15, 0.2) is 18.3 Å². The Morgan fingerprint density at radius 2 is 2.00 bits per heavy atom. The quantitative estimate of drug-likeness (QED) is 0.878. The molecule has 1 aliphatic heterocycles. The summed E-state index contributed by atoms with van der Waals surface area (Å²) in [6, 6.07) is 2.73. The number of urea groups is 1. The molecule has 22 heavy (non-hydrogen) atoms. The van der Waals surface area contributed by atoms with Crippen LogP contribution in [0.3, 0.4) is 0 Å². The molecule has 0 aromatic carbocycles. The van der Waals surface area contributed by atoms with Gasteiger partial charge in [0.2, 0.25) is 0 Å². The molecular formula is C13H17F3N4O2. The highest BCUT2D eigenvalue weighted by atomic mass is 19.4. The number of morpholine rings is 1. The van der Waals surface area contributed by atoms with E-state index >= 15 is 0 Å². The summed E-state index contributed by atoms with van der Waals surface area (Å²) in [5.41, 5.74) is 0.708. The molecular weight excluding hydrogens is 301 g/mol. The van der Waals surface area contributed by atoms with Crippen molar-refractivity contribution in [3.8, 4) is 0 Å². The third-order valence-corrected chi connectivity index (χ3v) is 3.05. The number of ether oxygens (including phenoxy) is 1. The summed E-state index contributed by atoms with van der Waals surface area (Å²) in [4.78, 5) is 17.6. The number of halogens is 3. The molecule has 0 aliphatic carbocycles. The summed E-state index contributed by atoms with van der Waals surface area (Å²) in [6.07, 6.45) is -2.83. The Labute approximate surface area is 125 Å². The molecule has 2 N–H and O–H groups in total. The number of carbonyl (C=O) groups excluding carboxylic acids is 1. The highest BCUT2D eigenvalue weighted by Gasteiger charge is 2.27. The minimum absolute atomic E-state index is 0.111. The van der Waals surface area contributed by atoms with Gasteiger partial charge in [-0.3, -0.25) is 0 Å². The monoisotopic (exact) mass is 318 g/mol. The SMILES string of the molecule is O=C(NCc1ccc(N2CCOCC2)nc1)NCC(F)(F)F. The number of rotatable bonds is 4. The maximum atomic E-state index is 11.9. The summed E-state index contributed by atoms with van der Waals surface area (Å²) in [7, 11) is 0. The first-order chi connectivity index (χ1) is 10.4. The van der Waals surface area contributed by atoms with Crippen molar-refractivity contribution in [3.05, 3.63) is 23.9 Å². The zero-order chi connectivity index (χ0) is 16.0. The van der Waals surface area contributed by atoms with Crippen LogP contribution in [0.5, 0.6) is 0 Å². The third kappa shape index (κ3) is 5.40. The van der Waals surface area contributed by atoms with Crippen molar-refractivity contribution < 1.29 is 22.7 Å². The molecule has 0 unspecified atom stereocenters. The molecule has 2 amide bonds. The second kappa shape index (κ2) is 7.30. The predicted octanol–water partition coefficient (Wildman–Crippen LogP) is 1.28. The van der Waals surface area contributed by atoms with E-state index in [0.717, 1.165) is 18.9 Å². The van der Waals surface area contributed by atoms with Crippen molar-refractivity contribution in [1.29, 1.82) is 0 Å². The normalized spacial score (nSPS) is 15.5. The average molecular weight is 318 g/mol. The van der Waals surface area contributed by atoms with Crippen molar-refractivity contribution in [1.82, 2.24) is 15.6 Å². The molecule has 1 fully saturated rings. The van der Waals surface area contributed by atoms with E-state index in [4.69, 9.17) is 4.74 Å². The van der Waals surface area contributed by atoms with Crippen molar-refractivity contribution in [2.75, 3.05) is 37.7 Å². The first-order valence-corrected chi connectivity index (χ1v) is 6.80.